The standard InChI is InChI=1S/C7H9N3O.C2H6/c1-5-3-8-7(9-4-5)10-6(2)11;1-2/h3-4H,1-2H3,(H,8,9,10,11);1-2H3. The Morgan fingerprint density at radius 2 is 1.77 bits per heavy atom. The van der Waals surface area contributed by atoms with E-state index in [0.29, 0.717) is 5.95 Å². The van der Waals surface area contributed by atoms with Crippen molar-refractivity contribution in [2.24, 2.45) is 0 Å². The number of hydrogen-bond donors (Lipinski definition) is 1. The third-order valence-electron chi connectivity index (χ3n) is 1.07. The molecule has 0 unspecified atom stereocenters. The maximum atomic E-state index is 10.5. The molecular formula is C9H15N3O. The lowest BCUT2D eigenvalue weighted by Crippen LogP contribution is -2.08. The minimum Gasteiger partial charge on any atom is -0.295 e. The lowest BCUT2D eigenvalue weighted by molar-refractivity contribution is -0.114. The highest BCUT2D eigenvalue weighted by atomic mass is 16.1. The van der Waals surface area contributed by atoms with Gasteiger partial charge in [0.2, 0.25) is 11.9 Å². The zero-order chi connectivity index (χ0) is 10.3. The number of aromatic nitrogens is 2. The van der Waals surface area contributed by atoms with Gasteiger partial charge >= 0.3 is 0 Å². The Balaban J connectivity index is 0.000000671. The van der Waals surface area contributed by atoms with Gasteiger partial charge in [-0.3, -0.25) is 10.1 Å². The SMILES string of the molecule is CC.CC(=O)Nc1ncc(C)cn1. The Morgan fingerprint density at radius 3 is 2.15 bits per heavy atom. The number of nitrogens with one attached hydrogen (secondary N) is 1. The minimum atomic E-state index is -0.158. The van der Waals surface area contributed by atoms with Crippen molar-refractivity contribution < 1.29 is 4.79 Å². The number of hydrogen-bond acceptors (Lipinski definition) is 3. The molecular weight excluding hydrogens is 166 g/mol. The number of carbonyl (C=O) groups excluding carboxylic acids is 1. The van der Waals surface area contributed by atoms with Gasteiger partial charge in [0.15, 0.2) is 0 Å². The molecule has 1 N–H and O–H groups in total. The third-order valence-corrected chi connectivity index (χ3v) is 1.07. The second kappa shape index (κ2) is 6.11. The molecule has 0 aliphatic carbocycles. The predicted molar refractivity (Wildman–Crippen MR) is 52.4 cm³/mol. The van der Waals surface area contributed by atoms with Crippen molar-refractivity contribution in [3.8, 4) is 0 Å². The quantitative estimate of drug-likeness (QED) is 0.718. The molecule has 0 spiro atoms. The van der Waals surface area contributed by atoms with Gasteiger partial charge in [-0.05, 0) is 12.5 Å². The highest BCUT2D eigenvalue weighted by molar-refractivity contribution is 5.86. The summed E-state index contributed by atoms with van der Waals surface area (Å²) >= 11 is 0. The van der Waals surface area contributed by atoms with Crippen LogP contribution in [-0.2, 0) is 4.79 Å². The highest BCUT2D eigenvalue weighted by Gasteiger charge is 1.95. The van der Waals surface area contributed by atoms with E-state index in [-0.39, 0.29) is 5.91 Å². The molecule has 1 aromatic heterocycles. The van der Waals surface area contributed by atoms with Crippen LogP contribution in [0.25, 0.3) is 0 Å². The molecule has 0 aliphatic heterocycles. The van der Waals surface area contributed by atoms with Crippen molar-refractivity contribution in [2.45, 2.75) is 27.7 Å². The Morgan fingerprint density at radius 1 is 1.31 bits per heavy atom. The molecule has 1 heterocycles. The predicted octanol–water partition coefficient (Wildman–Crippen LogP) is 1.77. The van der Waals surface area contributed by atoms with E-state index in [1.165, 1.54) is 6.92 Å². The van der Waals surface area contributed by atoms with Crippen molar-refractivity contribution >= 4 is 11.9 Å². The van der Waals surface area contributed by atoms with Crippen LogP contribution in [0.15, 0.2) is 12.4 Å². The van der Waals surface area contributed by atoms with Gasteiger partial charge in [-0.15, -0.1) is 0 Å². The number of rotatable bonds is 1. The van der Waals surface area contributed by atoms with Gasteiger partial charge in [-0.25, -0.2) is 9.97 Å². The van der Waals surface area contributed by atoms with Crippen LogP contribution in [0.3, 0.4) is 0 Å². The Bertz CT molecular complexity index is 256. The topological polar surface area (TPSA) is 54.9 Å². The zero-order valence-electron chi connectivity index (χ0n) is 8.46. The summed E-state index contributed by atoms with van der Waals surface area (Å²) in [6.45, 7) is 7.31. The second-order valence-electron chi connectivity index (χ2n) is 2.27. The van der Waals surface area contributed by atoms with E-state index in [1.54, 1.807) is 12.4 Å². The molecule has 1 amide bonds. The van der Waals surface area contributed by atoms with Crippen LogP contribution < -0.4 is 5.32 Å². The van der Waals surface area contributed by atoms with Crippen LogP contribution in [0.5, 0.6) is 0 Å². The minimum absolute atomic E-state index is 0.158. The Hall–Kier alpha value is -1.45. The molecule has 0 aromatic carbocycles. The molecule has 0 aliphatic rings. The molecule has 4 nitrogen and oxygen atoms in total. The van der Waals surface area contributed by atoms with E-state index in [1.807, 2.05) is 20.8 Å². The first-order valence-electron chi connectivity index (χ1n) is 4.25. The summed E-state index contributed by atoms with van der Waals surface area (Å²) < 4.78 is 0. The molecule has 0 saturated heterocycles. The first-order chi connectivity index (χ1) is 6.18. The average molecular weight is 181 g/mol. The second-order valence-corrected chi connectivity index (χ2v) is 2.27. The Kier molecular flexibility index (Phi) is 5.43. The molecule has 0 radical (unpaired) electrons. The molecule has 13 heavy (non-hydrogen) atoms. The third kappa shape index (κ3) is 4.90. The number of amides is 1. The van der Waals surface area contributed by atoms with E-state index in [0.717, 1.165) is 5.56 Å². The molecule has 72 valence electrons. The monoisotopic (exact) mass is 181 g/mol. The fourth-order valence-corrected chi connectivity index (χ4v) is 0.615. The van der Waals surface area contributed by atoms with Crippen LogP contribution >= 0.6 is 0 Å². The molecule has 0 fully saturated rings. The molecule has 1 rings (SSSR count). The summed E-state index contributed by atoms with van der Waals surface area (Å²) in [5.41, 5.74) is 0.971. The summed E-state index contributed by atoms with van der Waals surface area (Å²) in [7, 11) is 0. The number of aryl methyl sites for hydroxylation is 1. The normalized spacial score (nSPS) is 8.31. The average Bonchev–Trinajstić information content (AvgIpc) is 2.12. The van der Waals surface area contributed by atoms with E-state index in [2.05, 4.69) is 15.3 Å². The van der Waals surface area contributed by atoms with Crippen LogP contribution in [0, 0.1) is 6.92 Å². The van der Waals surface area contributed by atoms with Crippen molar-refractivity contribution in [1.82, 2.24) is 9.97 Å². The maximum Gasteiger partial charge on any atom is 0.229 e. The van der Waals surface area contributed by atoms with E-state index < -0.39 is 0 Å². The van der Waals surface area contributed by atoms with Gasteiger partial charge < -0.3 is 0 Å². The summed E-state index contributed by atoms with van der Waals surface area (Å²) in [4.78, 5) is 18.3. The van der Waals surface area contributed by atoms with Crippen LogP contribution in [-0.4, -0.2) is 15.9 Å². The maximum absolute atomic E-state index is 10.5. The van der Waals surface area contributed by atoms with Crippen LogP contribution in [0.4, 0.5) is 5.95 Å². The zero-order valence-corrected chi connectivity index (χ0v) is 8.46. The van der Waals surface area contributed by atoms with Crippen LogP contribution in [0.2, 0.25) is 0 Å². The van der Waals surface area contributed by atoms with Gasteiger partial charge in [0.05, 0.1) is 0 Å². The van der Waals surface area contributed by atoms with Gasteiger partial charge in [-0.1, -0.05) is 13.8 Å². The fraction of sp³-hybridized carbons (Fsp3) is 0.444. The summed E-state index contributed by atoms with van der Waals surface area (Å²) in [5.74, 6) is 0.192. The van der Waals surface area contributed by atoms with E-state index in [4.69, 9.17) is 0 Å². The largest absolute Gasteiger partial charge is 0.295 e. The lowest BCUT2D eigenvalue weighted by atomic mass is 10.4. The van der Waals surface area contributed by atoms with Crippen molar-refractivity contribution in [2.75, 3.05) is 5.32 Å². The Labute approximate surface area is 78.4 Å². The number of carbonyl (C=O) groups is 1. The highest BCUT2D eigenvalue weighted by Crippen LogP contribution is 1.97. The van der Waals surface area contributed by atoms with E-state index in [9.17, 15) is 4.79 Å². The van der Waals surface area contributed by atoms with Gasteiger partial charge in [0.1, 0.15) is 0 Å². The summed E-state index contributed by atoms with van der Waals surface area (Å²) in [6.07, 6.45) is 3.30. The first kappa shape index (κ1) is 11.6. The molecule has 1 aromatic rings. The molecule has 4 heteroatoms. The fourth-order valence-electron chi connectivity index (χ4n) is 0.615. The van der Waals surface area contributed by atoms with Crippen LogP contribution in [0.1, 0.15) is 26.3 Å². The number of anilines is 1. The molecule has 0 saturated carbocycles. The number of nitrogens with zero attached hydrogens (tertiary/aromatic N) is 2. The van der Waals surface area contributed by atoms with Gasteiger partial charge in [0.25, 0.3) is 0 Å². The van der Waals surface area contributed by atoms with Gasteiger partial charge in [-0.2, -0.15) is 0 Å². The van der Waals surface area contributed by atoms with Crippen molar-refractivity contribution in [3.63, 3.8) is 0 Å². The molecule has 0 bridgehead atoms. The van der Waals surface area contributed by atoms with Gasteiger partial charge in [0, 0.05) is 19.3 Å². The van der Waals surface area contributed by atoms with Crippen molar-refractivity contribution in [3.05, 3.63) is 18.0 Å². The van der Waals surface area contributed by atoms with Crippen molar-refractivity contribution in [1.29, 1.82) is 0 Å². The summed E-state index contributed by atoms with van der Waals surface area (Å²) in [6, 6.07) is 0. The summed E-state index contributed by atoms with van der Waals surface area (Å²) in [5, 5.41) is 2.47. The smallest absolute Gasteiger partial charge is 0.229 e. The molecule has 0 atom stereocenters. The lowest BCUT2D eigenvalue weighted by Gasteiger charge is -1.97. The first-order valence-corrected chi connectivity index (χ1v) is 4.25. The van der Waals surface area contributed by atoms with E-state index >= 15 is 0 Å².